The van der Waals surface area contributed by atoms with E-state index in [-0.39, 0.29) is 9.92 Å². The first-order chi connectivity index (χ1) is 14.7. The van der Waals surface area contributed by atoms with E-state index in [0.717, 1.165) is 12.1 Å². The van der Waals surface area contributed by atoms with Crippen LogP contribution in [-0.2, 0) is 10.0 Å². The van der Waals surface area contributed by atoms with Crippen LogP contribution in [0.5, 0.6) is 0 Å². The highest BCUT2D eigenvalue weighted by Crippen LogP contribution is 2.26. The second kappa shape index (κ2) is 7.98. The third-order valence-corrected chi connectivity index (χ3v) is 6.14. The number of anilines is 1. The van der Waals surface area contributed by atoms with E-state index in [9.17, 15) is 17.2 Å². The molecule has 0 atom stereocenters. The molecule has 0 amide bonds. The first-order valence-corrected chi connectivity index (χ1v) is 10.7. The summed E-state index contributed by atoms with van der Waals surface area (Å²) >= 11 is 5.89. The average molecular weight is 459 g/mol. The van der Waals surface area contributed by atoms with Gasteiger partial charge in [-0.05, 0) is 42.8 Å². The summed E-state index contributed by atoms with van der Waals surface area (Å²) in [5, 5.41) is 7.42. The van der Waals surface area contributed by atoms with Crippen molar-refractivity contribution in [1.82, 2.24) is 15.2 Å². The number of aromatic nitrogens is 3. The van der Waals surface area contributed by atoms with Gasteiger partial charge in [-0.1, -0.05) is 29.5 Å². The molecule has 2 aromatic carbocycles. The minimum Gasteiger partial charge on any atom is -0.277 e. The summed E-state index contributed by atoms with van der Waals surface area (Å²) in [6.45, 7) is 1.58. The number of sulfonamides is 1. The zero-order valence-corrected chi connectivity index (χ0v) is 17.4. The SMILES string of the molecule is Cc1ccc(Cl)cc1S(=O)(=O)Nc1ccc(F)c(C#Cc2cnc3[nH]ncc3c2)c1F. The molecule has 0 saturated carbocycles. The van der Waals surface area contributed by atoms with Gasteiger partial charge in [-0.25, -0.2) is 22.2 Å². The Kier molecular flexibility index (Phi) is 5.35. The minimum atomic E-state index is -4.17. The quantitative estimate of drug-likeness (QED) is 0.445. The van der Waals surface area contributed by atoms with Crippen molar-refractivity contribution in [2.24, 2.45) is 0 Å². The summed E-state index contributed by atoms with van der Waals surface area (Å²) in [7, 11) is -4.17. The van der Waals surface area contributed by atoms with E-state index in [1.54, 1.807) is 19.2 Å². The van der Waals surface area contributed by atoms with Gasteiger partial charge in [-0.15, -0.1) is 0 Å². The van der Waals surface area contributed by atoms with Gasteiger partial charge in [0.1, 0.15) is 5.82 Å². The minimum absolute atomic E-state index is 0.115. The third-order valence-electron chi connectivity index (χ3n) is 4.40. The third kappa shape index (κ3) is 4.21. The van der Waals surface area contributed by atoms with E-state index in [0.29, 0.717) is 22.2 Å². The predicted octanol–water partition coefficient (Wildman–Crippen LogP) is 4.40. The number of hydrogen-bond acceptors (Lipinski definition) is 4. The molecule has 0 spiro atoms. The van der Waals surface area contributed by atoms with Crippen LogP contribution in [0.2, 0.25) is 5.02 Å². The van der Waals surface area contributed by atoms with Gasteiger partial charge >= 0.3 is 0 Å². The van der Waals surface area contributed by atoms with Crippen molar-refractivity contribution in [3.63, 3.8) is 0 Å². The molecule has 2 aromatic heterocycles. The molecule has 6 nitrogen and oxygen atoms in total. The van der Waals surface area contributed by atoms with E-state index in [4.69, 9.17) is 11.6 Å². The van der Waals surface area contributed by atoms with Crippen LogP contribution in [0.15, 0.2) is 53.7 Å². The Morgan fingerprint density at radius 1 is 1.10 bits per heavy atom. The summed E-state index contributed by atoms with van der Waals surface area (Å²) in [5.41, 5.74) is 0.370. The molecular formula is C21H13ClF2N4O2S. The fourth-order valence-corrected chi connectivity index (χ4v) is 4.42. The molecule has 2 N–H and O–H groups in total. The molecule has 31 heavy (non-hydrogen) atoms. The number of benzene rings is 2. The Hall–Kier alpha value is -3.48. The summed E-state index contributed by atoms with van der Waals surface area (Å²) in [4.78, 5) is 3.99. The van der Waals surface area contributed by atoms with Crippen molar-refractivity contribution >= 4 is 38.3 Å². The molecule has 156 valence electrons. The lowest BCUT2D eigenvalue weighted by Gasteiger charge is -2.12. The highest BCUT2D eigenvalue weighted by molar-refractivity contribution is 7.92. The molecule has 0 aliphatic carbocycles. The number of halogens is 3. The summed E-state index contributed by atoms with van der Waals surface area (Å²) in [6, 6.07) is 7.90. The van der Waals surface area contributed by atoms with Gasteiger partial charge in [-0.2, -0.15) is 5.10 Å². The van der Waals surface area contributed by atoms with E-state index in [1.807, 2.05) is 0 Å². The number of fused-ring (bicyclic) bond motifs is 1. The van der Waals surface area contributed by atoms with Gasteiger partial charge < -0.3 is 0 Å². The summed E-state index contributed by atoms with van der Waals surface area (Å²) < 4.78 is 56.8. The Balaban J connectivity index is 1.70. The maximum Gasteiger partial charge on any atom is 0.262 e. The second-order valence-corrected chi connectivity index (χ2v) is 8.67. The number of H-pyrrole nitrogens is 1. The number of pyridine rings is 1. The Bertz CT molecular complexity index is 1490. The summed E-state index contributed by atoms with van der Waals surface area (Å²) in [5.74, 6) is 2.99. The number of hydrogen-bond donors (Lipinski definition) is 2. The van der Waals surface area contributed by atoms with Crippen molar-refractivity contribution in [3.05, 3.63) is 82.1 Å². The number of rotatable bonds is 3. The van der Waals surface area contributed by atoms with Gasteiger partial charge in [-0.3, -0.25) is 9.82 Å². The Morgan fingerprint density at radius 3 is 2.71 bits per heavy atom. The molecule has 2 heterocycles. The smallest absolute Gasteiger partial charge is 0.262 e. The number of aryl methyl sites for hydroxylation is 1. The second-order valence-electron chi connectivity index (χ2n) is 6.58. The van der Waals surface area contributed by atoms with Crippen LogP contribution in [0.3, 0.4) is 0 Å². The van der Waals surface area contributed by atoms with Crippen LogP contribution in [0, 0.1) is 30.4 Å². The highest BCUT2D eigenvalue weighted by atomic mass is 35.5. The zero-order valence-electron chi connectivity index (χ0n) is 15.9. The Labute approximate surface area is 181 Å². The van der Waals surface area contributed by atoms with E-state index in [1.165, 1.54) is 24.4 Å². The average Bonchev–Trinajstić information content (AvgIpc) is 3.19. The van der Waals surface area contributed by atoms with Crippen LogP contribution in [0.4, 0.5) is 14.5 Å². The first-order valence-electron chi connectivity index (χ1n) is 8.83. The fraction of sp³-hybridized carbons (Fsp3) is 0.0476. The van der Waals surface area contributed by atoms with Gasteiger partial charge in [0, 0.05) is 22.2 Å². The van der Waals surface area contributed by atoms with Crippen molar-refractivity contribution in [3.8, 4) is 11.8 Å². The molecule has 0 aliphatic rings. The molecular weight excluding hydrogens is 446 g/mol. The monoisotopic (exact) mass is 458 g/mol. The van der Waals surface area contributed by atoms with Crippen LogP contribution in [-0.4, -0.2) is 23.6 Å². The lowest BCUT2D eigenvalue weighted by Crippen LogP contribution is -2.16. The van der Waals surface area contributed by atoms with Gasteiger partial charge in [0.15, 0.2) is 11.5 Å². The maximum atomic E-state index is 14.9. The largest absolute Gasteiger partial charge is 0.277 e. The molecule has 0 radical (unpaired) electrons. The molecule has 0 unspecified atom stereocenters. The van der Waals surface area contributed by atoms with Crippen molar-refractivity contribution in [2.45, 2.75) is 11.8 Å². The van der Waals surface area contributed by atoms with Gasteiger partial charge in [0.05, 0.1) is 22.3 Å². The fourth-order valence-electron chi connectivity index (χ4n) is 2.85. The topological polar surface area (TPSA) is 87.7 Å². The molecule has 4 aromatic rings. The molecule has 0 bridgehead atoms. The van der Waals surface area contributed by atoms with E-state index in [2.05, 4.69) is 31.7 Å². The van der Waals surface area contributed by atoms with Crippen LogP contribution in [0.1, 0.15) is 16.7 Å². The molecule has 0 aliphatic heterocycles. The van der Waals surface area contributed by atoms with Crippen molar-refractivity contribution in [2.75, 3.05) is 4.72 Å². The maximum absolute atomic E-state index is 14.9. The zero-order chi connectivity index (χ0) is 22.2. The van der Waals surface area contributed by atoms with E-state index < -0.39 is 32.9 Å². The first kappa shape index (κ1) is 20.8. The number of nitrogens with one attached hydrogen (secondary N) is 2. The molecule has 4 rings (SSSR count). The predicted molar refractivity (Wildman–Crippen MR) is 113 cm³/mol. The van der Waals surface area contributed by atoms with Crippen LogP contribution >= 0.6 is 11.6 Å². The molecule has 0 saturated heterocycles. The Morgan fingerprint density at radius 2 is 1.90 bits per heavy atom. The van der Waals surface area contributed by atoms with Crippen molar-refractivity contribution in [1.29, 1.82) is 0 Å². The van der Waals surface area contributed by atoms with Crippen LogP contribution in [0.25, 0.3) is 11.0 Å². The van der Waals surface area contributed by atoms with Gasteiger partial charge in [0.25, 0.3) is 10.0 Å². The molecule has 10 heteroatoms. The highest BCUT2D eigenvalue weighted by Gasteiger charge is 2.21. The molecule has 0 fully saturated rings. The standard InChI is InChI=1S/C21H13ClF2N4O2S/c1-12-2-4-15(22)9-19(12)31(29,30)28-18-7-6-17(23)16(20(18)24)5-3-13-8-14-11-26-27-21(14)25-10-13/h2,4,6-11,28H,1H3,(H,25,26,27). The lowest BCUT2D eigenvalue weighted by molar-refractivity contribution is 0.577. The van der Waals surface area contributed by atoms with Gasteiger partial charge in [0.2, 0.25) is 0 Å². The number of nitrogens with zero attached hydrogens (tertiary/aromatic N) is 2. The van der Waals surface area contributed by atoms with E-state index >= 15 is 0 Å². The van der Waals surface area contributed by atoms with Crippen molar-refractivity contribution < 1.29 is 17.2 Å². The normalized spacial score (nSPS) is 11.2. The summed E-state index contributed by atoms with van der Waals surface area (Å²) in [6.07, 6.45) is 2.97. The van der Waals surface area contributed by atoms with Crippen LogP contribution < -0.4 is 4.72 Å². The lowest BCUT2D eigenvalue weighted by atomic mass is 10.1. The number of aromatic amines is 1.